The molecule has 0 spiro atoms. The van der Waals surface area contributed by atoms with Crippen LogP contribution in [0.1, 0.15) is 25.0 Å². The highest BCUT2D eigenvalue weighted by molar-refractivity contribution is 5.40. The summed E-state index contributed by atoms with van der Waals surface area (Å²) in [6.45, 7) is 10.3. The van der Waals surface area contributed by atoms with Gasteiger partial charge in [0.25, 0.3) is 0 Å². The highest BCUT2D eigenvalue weighted by Crippen LogP contribution is 2.29. The Labute approximate surface area is 127 Å². The Hall–Kier alpha value is -1.10. The molecule has 2 unspecified atom stereocenters. The van der Waals surface area contributed by atoms with Crippen LogP contribution in [0.2, 0.25) is 0 Å². The standard InChI is InChI=1S/C17H26N2O2/c1-13(12-19-5-7-20-8-6-19)18-11-15-3-4-17-16(10-15)9-14(2)21-17/h3-4,10,13-14,18H,5-9,11-12H2,1-2H3. The lowest BCUT2D eigenvalue weighted by atomic mass is 10.1. The summed E-state index contributed by atoms with van der Waals surface area (Å²) in [4.78, 5) is 2.47. The van der Waals surface area contributed by atoms with Crippen LogP contribution in [0.15, 0.2) is 18.2 Å². The van der Waals surface area contributed by atoms with Crippen molar-refractivity contribution in [1.82, 2.24) is 10.2 Å². The van der Waals surface area contributed by atoms with Gasteiger partial charge in [-0.3, -0.25) is 4.90 Å². The molecule has 0 aromatic heterocycles. The second-order valence-electron chi connectivity index (χ2n) is 6.27. The summed E-state index contributed by atoms with van der Waals surface area (Å²) in [5, 5.41) is 3.63. The van der Waals surface area contributed by atoms with Gasteiger partial charge in [0, 0.05) is 38.6 Å². The molecule has 2 aliphatic rings. The van der Waals surface area contributed by atoms with Crippen molar-refractivity contribution in [3.63, 3.8) is 0 Å². The molecule has 1 aromatic rings. The number of nitrogens with zero attached hydrogens (tertiary/aromatic N) is 1. The topological polar surface area (TPSA) is 33.7 Å². The van der Waals surface area contributed by atoms with Crippen molar-refractivity contribution < 1.29 is 9.47 Å². The lowest BCUT2D eigenvalue weighted by molar-refractivity contribution is 0.0343. The monoisotopic (exact) mass is 290 g/mol. The Balaban J connectivity index is 1.47. The summed E-state index contributed by atoms with van der Waals surface area (Å²) in [6, 6.07) is 7.06. The van der Waals surface area contributed by atoms with Crippen molar-refractivity contribution in [3.8, 4) is 5.75 Å². The Morgan fingerprint density at radius 2 is 2.14 bits per heavy atom. The largest absolute Gasteiger partial charge is 0.490 e. The van der Waals surface area contributed by atoms with E-state index in [0.29, 0.717) is 12.1 Å². The number of hydrogen-bond donors (Lipinski definition) is 1. The fourth-order valence-corrected chi connectivity index (χ4v) is 3.11. The Kier molecular flexibility index (Phi) is 4.78. The van der Waals surface area contributed by atoms with Gasteiger partial charge >= 0.3 is 0 Å². The minimum absolute atomic E-state index is 0.323. The molecule has 1 fully saturated rings. The molecule has 1 aromatic carbocycles. The molecule has 4 nitrogen and oxygen atoms in total. The number of benzene rings is 1. The first-order valence-corrected chi connectivity index (χ1v) is 8.02. The molecule has 116 valence electrons. The van der Waals surface area contributed by atoms with Crippen LogP contribution in [-0.4, -0.2) is 49.9 Å². The van der Waals surface area contributed by atoms with E-state index >= 15 is 0 Å². The molecular formula is C17H26N2O2. The second-order valence-corrected chi connectivity index (χ2v) is 6.27. The van der Waals surface area contributed by atoms with Crippen molar-refractivity contribution >= 4 is 0 Å². The predicted octanol–water partition coefficient (Wildman–Crippen LogP) is 1.82. The zero-order valence-electron chi connectivity index (χ0n) is 13.1. The fraction of sp³-hybridized carbons (Fsp3) is 0.647. The van der Waals surface area contributed by atoms with Crippen LogP contribution in [0.4, 0.5) is 0 Å². The third-order valence-corrected chi connectivity index (χ3v) is 4.25. The van der Waals surface area contributed by atoms with Crippen LogP contribution in [-0.2, 0) is 17.7 Å². The van der Waals surface area contributed by atoms with Crippen LogP contribution < -0.4 is 10.1 Å². The number of hydrogen-bond acceptors (Lipinski definition) is 4. The zero-order chi connectivity index (χ0) is 14.7. The number of rotatable bonds is 5. The Bertz CT molecular complexity index is 472. The zero-order valence-corrected chi connectivity index (χ0v) is 13.1. The van der Waals surface area contributed by atoms with Crippen LogP contribution in [0, 0.1) is 0 Å². The van der Waals surface area contributed by atoms with E-state index in [2.05, 4.69) is 42.3 Å². The van der Waals surface area contributed by atoms with Crippen molar-refractivity contribution in [3.05, 3.63) is 29.3 Å². The molecule has 0 bridgehead atoms. The van der Waals surface area contributed by atoms with Crippen LogP contribution >= 0.6 is 0 Å². The smallest absolute Gasteiger partial charge is 0.123 e. The molecule has 3 rings (SSSR count). The summed E-state index contributed by atoms with van der Waals surface area (Å²) in [6.07, 6.45) is 1.36. The van der Waals surface area contributed by atoms with Gasteiger partial charge in [-0.15, -0.1) is 0 Å². The van der Waals surface area contributed by atoms with Gasteiger partial charge in [-0.1, -0.05) is 12.1 Å². The summed E-state index contributed by atoms with van der Waals surface area (Å²) in [7, 11) is 0. The first-order valence-electron chi connectivity index (χ1n) is 8.02. The first kappa shape index (κ1) is 14.8. The Morgan fingerprint density at radius 3 is 2.95 bits per heavy atom. The van der Waals surface area contributed by atoms with Gasteiger partial charge in [0.1, 0.15) is 11.9 Å². The van der Waals surface area contributed by atoms with Gasteiger partial charge in [-0.05, 0) is 31.0 Å². The molecule has 1 N–H and O–H groups in total. The summed E-state index contributed by atoms with van der Waals surface area (Å²) in [5.41, 5.74) is 2.70. The molecule has 21 heavy (non-hydrogen) atoms. The highest BCUT2D eigenvalue weighted by Gasteiger charge is 2.19. The van der Waals surface area contributed by atoms with Crippen molar-refractivity contribution in [2.24, 2.45) is 0 Å². The maximum Gasteiger partial charge on any atom is 0.123 e. The van der Waals surface area contributed by atoms with E-state index in [4.69, 9.17) is 9.47 Å². The third-order valence-electron chi connectivity index (χ3n) is 4.25. The average Bonchev–Trinajstić information content (AvgIpc) is 2.85. The summed E-state index contributed by atoms with van der Waals surface area (Å²) < 4.78 is 11.1. The highest BCUT2D eigenvalue weighted by atomic mass is 16.5. The molecule has 0 radical (unpaired) electrons. The Morgan fingerprint density at radius 1 is 1.33 bits per heavy atom. The number of morpholine rings is 1. The third kappa shape index (κ3) is 3.96. The van der Waals surface area contributed by atoms with E-state index in [1.54, 1.807) is 0 Å². The molecule has 0 aliphatic carbocycles. The number of ether oxygens (including phenoxy) is 2. The van der Waals surface area contributed by atoms with Crippen LogP contribution in [0.25, 0.3) is 0 Å². The molecular weight excluding hydrogens is 264 g/mol. The van der Waals surface area contributed by atoms with Crippen molar-refractivity contribution in [1.29, 1.82) is 0 Å². The number of fused-ring (bicyclic) bond motifs is 1. The van der Waals surface area contributed by atoms with E-state index < -0.39 is 0 Å². The molecule has 0 saturated carbocycles. The van der Waals surface area contributed by atoms with Crippen molar-refractivity contribution in [2.45, 2.75) is 39.0 Å². The van der Waals surface area contributed by atoms with E-state index in [1.807, 2.05) is 0 Å². The molecule has 2 atom stereocenters. The summed E-state index contributed by atoms with van der Waals surface area (Å²) >= 11 is 0. The van der Waals surface area contributed by atoms with Gasteiger partial charge in [-0.2, -0.15) is 0 Å². The minimum Gasteiger partial charge on any atom is -0.490 e. The van der Waals surface area contributed by atoms with E-state index in [1.165, 1.54) is 11.1 Å². The predicted molar refractivity (Wildman–Crippen MR) is 83.8 cm³/mol. The van der Waals surface area contributed by atoms with Gasteiger partial charge < -0.3 is 14.8 Å². The lowest BCUT2D eigenvalue weighted by Crippen LogP contribution is -2.44. The van der Waals surface area contributed by atoms with Crippen LogP contribution in [0.3, 0.4) is 0 Å². The SMILES string of the molecule is CC(CN1CCOCC1)NCc1ccc2c(c1)CC(C)O2. The first-order chi connectivity index (χ1) is 10.2. The lowest BCUT2D eigenvalue weighted by Gasteiger charge is -2.29. The summed E-state index contributed by atoms with van der Waals surface area (Å²) in [5.74, 6) is 1.06. The van der Waals surface area contributed by atoms with Crippen molar-refractivity contribution in [2.75, 3.05) is 32.8 Å². The van der Waals surface area contributed by atoms with E-state index in [0.717, 1.165) is 51.6 Å². The van der Waals surface area contributed by atoms with E-state index in [9.17, 15) is 0 Å². The molecule has 2 heterocycles. The maximum atomic E-state index is 5.75. The number of nitrogens with one attached hydrogen (secondary N) is 1. The average molecular weight is 290 g/mol. The molecule has 2 aliphatic heterocycles. The minimum atomic E-state index is 0.323. The maximum absolute atomic E-state index is 5.75. The quantitative estimate of drug-likeness (QED) is 0.897. The fourth-order valence-electron chi connectivity index (χ4n) is 3.11. The van der Waals surface area contributed by atoms with E-state index in [-0.39, 0.29) is 0 Å². The molecule has 1 saturated heterocycles. The van der Waals surface area contributed by atoms with Gasteiger partial charge in [0.05, 0.1) is 13.2 Å². The van der Waals surface area contributed by atoms with Crippen LogP contribution in [0.5, 0.6) is 5.75 Å². The van der Waals surface area contributed by atoms with Gasteiger partial charge in [0.2, 0.25) is 0 Å². The normalized spacial score (nSPS) is 23.6. The molecule has 0 amide bonds. The van der Waals surface area contributed by atoms with Gasteiger partial charge in [-0.25, -0.2) is 0 Å². The second kappa shape index (κ2) is 6.77. The molecule has 4 heteroatoms. The van der Waals surface area contributed by atoms with Gasteiger partial charge in [0.15, 0.2) is 0 Å².